The van der Waals surface area contributed by atoms with E-state index in [1.54, 1.807) is 0 Å². The molecule has 0 radical (unpaired) electrons. The van der Waals surface area contributed by atoms with Crippen molar-refractivity contribution in [1.29, 1.82) is 0 Å². The second kappa shape index (κ2) is 5.19. The summed E-state index contributed by atoms with van der Waals surface area (Å²) in [5.74, 6) is -0.247. The summed E-state index contributed by atoms with van der Waals surface area (Å²) in [5.41, 5.74) is 0. The van der Waals surface area contributed by atoms with E-state index in [1.165, 1.54) is 7.11 Å². The molecule has 1 heterocycles. The third-order valence-electron chi connectivity index (χ3n) is 2.11. The molecular weight excluding hydrogens is 172 g/mol. The van der Waals surface area contributed by atoms with Gasteiger partial charge in [0, 0.05) is 0 Å². The first-order valence-corrected chi connectivity index (χ1v) is 4.56. The molecule has 0 N–H and O–H groups in total. The standard InChI is InChI=1S/C9H16O4/c1-3-7-5-13-8(6-12-7)4-9(10)11-2/h7-8H,3-6H2,1-2H3. The van der Waals surface area contributed by atoms with Crippen LogP contribution in [0.2, 0.25) is 0 Å². The number of esters is 1. The fraction of sp³-hybridized carbons (Fsp3) is 0.889. The van der Waals surface area contributed by atoms with Crippen molar-refractivity contribution in [1.82, 2.24) is 0 Å². The van der Waals surface area contributed by atoms with Crippen LogP contribution in [-0.4, -0.2) is 38.5 Å². The Morgan fingerprint density at radius 2 is 2.00 bits per heavy atom. The van der Waals surface area contributed by atoms with Crippen molar-refractivity contribution in [3.8, 4) is 0 Å². The lowest BCUT2D eigenvalue weighted by Gasteiger charge is -2.28. The van der Waals surface area contributed by atoms with E-state index in [2.05, 4.69) is 11.7 Å². The number of carbonyl (C=O) groups is 1. The van der Waals surface area contributed by atoms with Crippen LogP contribution in [-0.2, 0) is 19.0 Å². The third kappa shape index (κ3) is 3.32. The highest BCUT2D eigenvalue weighted by Crippen LogP contribution is 2.12. The summed E-state index contributed by atoms with van der Waals surface area (Å²) in [6.45, 7) is 3.13. The molecule has 4 heteroatoms. The van der Waals surface area contributed by atoms with E-state index in [0.29, 0.717) is 13.2 Å². The van der Waals surface area contributed by atoms with Crippen molar-refractivity contribution >= 4 is 5.97 Å². The molecular formula is C9H16O4. The van der Waals surface area contributed by atoms with E-state index < -0.39 is 0 Å². The normalized spacial score (nSPS) is 28.5. The zero-order valence-electron chi connectivity index (χ0n) is 8.12. The Bertz CT molecular complexity index is 161. The molecule has 2 unspecified atom stereocenters. The highest BCUT2D eigenvalue weighted by molar-refractivity contribution is 5.69. The molecule has 0 aromatic rings. The number of hydrogen-bond donors (Lipinski definition) is 0. The van der Waals surface area contributed by atoms with Crippen LogP contribution in [0, 0.1) is 0 Å². The largest absolute Gasteiger partial charge is 0.469 e. The van der Waals surface area contributed by atoms with E-state index in [-0.39, 0.29) is 24.6 Å². The van der Waals surface area contributed by atoms with Gasteiger partial charge in [-0.2, -0.15) is 0 Å². The first-order valence-electron chi connectivity index (χ1n) is 4.56. The summed E-state index contributed by atoms with van der Waals surface area (Å²) in [6.07, 6.45) is 1.29. The van der Waals surface area contributed by atoms with Gasteiger partial charge in [0.05, 0.1) is 39.0 Å². The Balaban J connectivity index is 2.21. The van der Waals surface area contributed by atoms with Crippen LogP contribution >= 0.6 is 0 Å². The van der Waals surface area contributed by atoms with Gasteiger partial charge in [0.2, 0.25) is 0 Å². The molecule has 1 aliphatic heterocycles. The van der Waals surface area contributed by atoms with Gasteiger partial charge in [-0.15, -0.1) is 0 Å². The molecule has 0 aromatic heterocycles. The minimum absolute atomic E-state index is 0.129. The van der Waals surface area contributed by atoms with E-state index >= 15 is 0 Å². The zero-order valence-corrected chi connectivity index (χ0v) is 8.12. The van der Waals surface area contributed by atoms with Gasteiger partial charge >= 0.3 is 5.97 Å². The maximum atomic E-state index is 10.9. The maximum Gasteiger partial charge on any atom is 0.308 e. The molecule has 0 aromatic carbocycles. The monoisotopic (exact) mass is 188 g/mol. The Morgan fingerprint density at radius 1 is 1.38 bits per heavy atom. The lowest BCUT2D eigenvalue weighted by atomic mass is 10.2. The van der Waals surface area contributed by atoms with Gasteiger partial charge in [0.25, 0.3) is 0 Å². The minimum Gasteiger partial charge on any atom is -0.469 e. The van der Waals surface area contributed by atoms with Crippen LogP contribution in [0.1, 0.15) is 19.8 Å². The second-order valence-electron chi connectivity index (χ2n) is 3.10. The smallest absolute Gasteiger partial charge is 0.308 e. The first kappa shape index (κ1) is 10.5. The average Bonchev–Trinajstić information content (AvgIpc) is 2.19. The van der Waals surface area contributed by atoms with Crippen LogP contribution in [0.4, 0.5) is 0 Å². The van der Waals surface area contributed by atoms with Crippen molar-refractivity contribution < 1.29 is 19.0 Å². The molecule has 0 bridgehead atoms. The van der Waals surface area contributed by atoms with Crippen LogP contribution < -0.4 is 0 Å². The van der Waals surface area contributed by atoms with Crippen molar-refractivity contribution in [3.05, 3.63) is 0 Å². The van der Waals surface area contributed by atoms with Crippen LogP contribution in [0.15, 0.2) is 0 Å². The van der Waals surface area contributed by atoms with Crippen molar-refractivity contribution in [2.24, 2.45) is 0 Å². The van der Waals surface area contributed by atoms with Crippen LogP contribution in [0.3, 0.4) is 0 Å². The second-order valence-corrected chi connectivity index (χ2v) is 3.10. The van der Waals surface area contributed by atoms with E-state index in [9.17, 15) is 4.79 Å². The number of rotatable bonds is 3. The van der Waals surface area contributed by atoms with Gasteiger partial charge in [-0.3, -0.25) is 4.79 Å². The number of carbonyl (C=O) groups excluding carboxylic acids is 1. The van der Waals surface area contributed by atoms with Crippen LogP contribution in [0.5, 0.6) is 0 Å². The quantitative estimate of drug-likeness (QED) is 0.613. The summed E-state index contributed by atoms with van der Waals surface area (Å²) < 4.78 is 15.4. The maximum absolute atomic E-state index is 10.9. The fourth-order valence-corrected chi connectivity index (χ4v) is 1.21. The lowest BCUT2D eigenvalue weighted by Crippen LogP contribution is -2.36. The summed E-state index contributed by atoms with van der Waals surface area (Å²) in [5, 5.41) is 0. The third-order valence-corrected chi connectivity index (χ3v) is 2.11. The highest BCUT2D eigenvalue weighted by Gasteiger charge is 2.23. The number of ether oxygens (including phenoxy) is 3. The summed E-state index contributed by atoms with van der Waals surface area (Å²) in [4.78, 5) is 10.9. The van der Waals surface area contributed by atoms with Gasteiger partial charge in [0.15, 0.2) is 0 Å². The number of hydrogen-bond acceptors (Lipinski definition) is 4. The molecule has 0 spiro atoms. The van der Waals surface area contributed by atoms with E-state index in [1.807, 2.05) is 0 Å². The Labute approximate surface area is 78.2 Å². The predicted octanol–water partition coefficient (Wildman–Crippen LogP) is 0.743. The fourth-order valence-electron chi connectivity index (χ4n) is 1.21. The molecule has 2 atom stereocenters. The van der Waals surface area contributed by atoms with E-state index in [4.69, 9.17) is 9.47 Å². The number of methoxy groups -OCH3 is 1. The average molecular weight is 188 g/mol. The van der Waals surface area contributed by atoms with Gasteiger partial charge in [-0.1, -0.05) is 6.92 Å². The van der Waals surface area contributed by atoms with E-state index in [0.717, 1.165) is 6.42 Å². The van der Waals surface area contributed by atoms with Crippen molar-refractivity contribution in [3.63, 3.8) is 0 Å². The molecule has 4 nitrogen and oxygen atoms in total. The first-order chi connectivity index (χ1) is 6.26. The van der Waals surface area contributed by atoms with Crippen LogP contribution in [0.25, 0.3) is 0 Å². The summed E-state index contributed by atoms with van der Waals surface area (Å²) in [6, 6.07) is 0. The molecule has 76 valence electrons. The van der Waals surface area contributed by atoms with Gasteiger partial charge in [-0.05, 0) is 6.42 Å². The predicted molar refractivity (Wildman–Crippen MR) is 46.4 cm³/mol. The molecule has 1 saturated heterocycles. The van der Waals surface area contributed by atoms with Crippen molar-refractivity contribution in [2.45, 2.75) is 32.0 Å². The summed E-state index contributed by atoms with van der Waals surface area (Å²) >= 11 is 0. The van der Waals surface area contributed by atoms with Crippen molar-refractivity contribution in [2.75, 3.05) is 20.3 Å². The van der Waals surface area contributed by atoms with Gasteiger partial charge < -0.3 is 14.2 Å². The molecule has 1 fully saturated rings. The molecule has 0 aliphatic carbocycles. The SMILES string of the molecule is CCC1COC(CC(=O)OC)CO1. The van der Waals surface area contributed by atoms with Gasteiger partial charge in [0.1, 0.15) is 0 Å². The molecule has 1 rings (SSSR count). The topological polar surface area (TPSA) is 44.8 Å². The van der Waals surface area contributed by atoms with Gasteiger partial charge in [-0.25, -0.2) is 0 Å². The molecule has 0 saturated carbocycles. The molecule has 0 amide bonds. The molecule has 1 aliphatic rings. The molecule has 13 heavy (non-hydrogen) atoms. The Hall–Kier alpha value is -0.610. The summed E-state index contributed by atoms with van der Waals surface area (Å²) in [7, 11) is 1.38. The Kier molecular flexibility index (Phi) is 4.18. The highest BCUT2D eigenvalue weighted by atomic mass is 16.6. The zero-order chi connectivity index (χ0) is 9.68. The lowest BCUT2D eigenvalue weighted by molar-refractivity contribution is -0.158. The minimum atomic E-state index is -0.247. The Morgan fingerprint density at radius 3 is 2.46 bits per heavy atom.